The van der Waals surface area contributed by atoms with E-state index in [4.69, 9.17) is 0 Å². The second-order valence-corrected chi connectivity index (χ2v) is 8.64. The lowest BCUT2D eigenvalue weighted by Crippen LogP contribution is -2.21. The Kier molecular flexibility index (Phi) is 4.61. The maximum Gasteiger partial charge on any atom is 0.335 e. The Morgan fingerprint density at radius 2 is 1.73 bits per heavy atom. The van der Waals surface area contributed by atoms with E-state index in [9.17, 15) is 19.8 Å². The molecule has 5 nitrogen and oxygen atoms in total. The van der Waals surface area contributed by atoms with E-state index >= 15 is 0 Å². The molecule has 2 heterocycles. The molecule has 30 heavy (non-hydrogen) atoms. The fourth-order valence-corrected chi connectivity index (χ4v) is 5.44. The molecule has 1 aliphatic heterocycles. The zero-order valence-corrected chi connectivity index (χ0v) is 16.8. The number of aliphatic carboxylic acids is 1. The Labute approximate surface area is 175 Å². The van der Waals surface area contributed by atoms with Crippen LogP contribution < -0.4 is 0 Å². The number of benzene rings is 2. The van der Waals surface area contributed by atoms with Crippen LogP contribution in [0, 0.1) is 5.92 Å². The van der Waals surface area contributed by atoms with Gasteiger partial charge in [-0.25, -0.2) is 4.79 Å². The Morgan fingerprint density at radius 3 is 2.47 bits per heavy atom. The standard InChI is InChI=1S/C25H25NO4/c27-24(28)17-10-11-20-21(13-17)26-14-18(25(29)30)12-16-8-4-5-9-19(16)23(26)22(20)15-6-2-1-3-7-15/h4-5,8-11,13,15,18H,1-3,6-7,12,14H2,(H,27,28)(H,29,30). The minimum Gasteiger partial charge on any atom is -0.481 e. The van der Waals surface area contributed by atoms with Crippen molar-refractivity contribution in [3.8, 4) is 11.3 Å². The summed E-state index contributed by atoms with van der Waals surface area (Å²) >= 11 is 0. The number of carboxylic acid groups (broad SMARTS) is 2. The van der Waals surface area contributed by atoms with Gasteiger partial charge in [-0.2, -0.15) is 0 Å². The summed E-state index contributed by atoms with van der Waals surface area (Å²) in [6.07, 6.45) is 6.38. The predicted molar refractivity (Wildman–Crippen MR) is 115 cm³/mol. The van der Waals surface area contributed by atoms with E-state index in [0.717, 1.165) is 40.6 Å². The number of carboxylic acids is 2. The van der Waals surface area contributed by atoms with Crippen molar-refractivity contribution in [2.45, 2.75) is 51.0 Å². The smallest absolute Gasteiger partial charge is 0.335 e. The van der Waals surface area contributed by atoms with Gasteiger partial charge in [0.1, 0.15) is 0 Å². The minimum atomic E-state index is -0.963. The molecule has 0 bridgehead atoms. The summed E-state index contributed by atoms with van der Waals surface area (Å²) in [6.45, 7) is 0.353. The highest BCUT2D eigenvalue weighted by Crippen LogP contribution is 2.46. The molecule has 0 saturated heterocycles. The van der Waals surface area contributed by atoms with Gasteiger partial charge in [-0.1, -0.05) is 49.6 Å². The molecule has 0 spiro atoms. The lowest BCUT2D eigenvalue weighted by Gasteiger charge is -2.24. The third-order valence-electron chi connectivity index (χ3n) is 6.86. The van der Waals surface area contributed by atoms with Gasteiger partial charge in [-0.05, 0) is 48.4 Å². The largest absolute Gasteiger partial charge is 0.481 e. The van der Waals surface area contributed by atoms with Crippen LogP contribution in [0.15, 0.2) is 42.5 Å². The summed E-state index contributed by atoms with van der Waals surface area (Å²) in [7, 11) is 0. The number of aromatic nitrogens is 1. The zero-order chi connectivity index (χ0) is 20.8. The lowest BCUT2D eigenvalue weighted by molar-refractivity contribution is -0.142. The van der Waals surface area contributed by atoms with Gasteiger partial charge in [0.2, 0.25) is 0 Å². The lowest BCUT2D eigenvalue weighted by atomic mass is 9.81. The Morgan fingerprint density at radius 1 is 0.967 bits per heavy atom. The number of carbonyl (C=O) groups is 2. The summed E-state index contributed by atoms with van der Waals surface area (Å²) in [4.78, 5) is 23.7. The van der Waals surface area contributed by atoms with Crippen molar-refractivity contribution in [1.29, 1.82) is 0 Å². The number of rotatable bonds is 3. The molecule has 5 heteroatoms. The third-order valence-corrected chi connectivity index (χ3v) is 6.86. The fraction of sp³-hybridized carbons (Fsp3) is 0.360. The molecule has 2 N–H and O–H groups in total. The summed E-state index contributed by atoms with van der Waals surface area (Å²) in [5.74, 6) is -1.90. The van der Waals surface area contributed by atoms with E-state index in [0.29, 0.717) is 18.9 Å². The first kappa shape index (κ1) is 18.9. The Hall–Kier alpha value is -3.08. The molecular formula is C25H25NO4. The normalized spacial score (nSPS) is 19.1. The van der Waals surface area contributed by atoms with Gasteiger partial charge < -0.3 is 14.8 Å². The first-order valence-electron chi connectivity index (χ1n) is 10.7. The SMILES string of the molecule is O=C(O)c1ccc2c(C3CCCCC3)c3n(c2c1)CC(C(=O)O)Cc1ccccc1-3. The van der Waals surface area contributed by atoms with Crippen LogP contribution in [0.3, 0.4) is 0 Å². The fourth-order valence-electron chi connectivity index (χ4n) is 5.44. The highest BCUT2D eigenvalue weighted by Gasteiger charge is 2.32. The van der Waals surface area contributed by atoms with E-state index in [2.05, 4.69) is 10.6 Å². The van der Waals surface area contributed by atoms with Gasteiger partial charge in [0, 0.05) is 23.0 Å². The molecule has 1 saturated carbocycles. The van der Waals surface area contributed by atoms with Crippen molar-refractivity contribution in [3.05, 3.63) is 59.2 Å². The van der Waals surface area contributed by atoms with Crippen LogP contribution in [-0.2, 0) is 17.8 Å². The van der Waals surface area contributed by atoms with E-state index in [1.807, 2.05) is 24.3 Å². The van der Waals surface area contributed by atoms with Crippen molar-refractivity contribution in [2.24, 2.45) is 5.92 Å². The molecule has 0 amide bonds. The first-order chi connectivity index (χ1) is 14.5. The number of hydrogen-bond acceptors (Lipinski definition) is 2. The Bertz CT molecular complexity index is 1150. The zero-order valence-electron chi connectivity index (χ0n) is 16.8. The van der Waals surface area contributed by atoms with E-state index in [1.165, 1.54) is 24.8 Å². The van der Waals surface area contributed by atoms with Crippen LogP contribution in [-0.4, -0.2) is 26.7 Å². The summed E-state index contributed by atoms with van der Waals surface area (Å²) in [6, 6.07) is 13.4. The molecule has 5 rings (SSSR count). The first-order valence-corrected chi connectivity index (χ1v) is 10.7. The third kappa shape index (κ3) is 3.00. The van der Waals surface area contributed by atoms with Gasteiger partial charge in [-0.3, -0.25) is 4.79 Å². The van der Waals surface area contributed by atoms with Gasteiger partial charge in [-0.15, -0.1) is 0 Å². The van der Waals surface area contributed by atoms with Crippen molar-refractivity contribution in [2.75, 3.05) is 0 Å². The summed E-state index contributed by atoms with van der Waals surface area (Å²) in [5.41, 5.74) is 5.60. The van der Waals surface area contributed by atoms with Crippen LogP contribution >= 0.6 is 0 Å². The quantitative estimate of drug-likeness (QED) is 0.621. The predicted octanol–water partition coefficient (Wildman–Crippen LogP) is 5.31. The van der Waals surface area contributed by atoms with Crippen LogP contribution in [0.4, 0.5) is 0 Å². The minimum absolute atomic E-state index is 0.238. The van der Waals surface area contributed by atoms with E-state index in [1.54, 1.807) is 12.1 Å². The van der Waals surface area contributed by atoms with Crippen molar-refractivity contribution < 1.29 is 19.8 Å². The number of aromatic carboxylic acids is 1. The topological polar surface area (TPSA) is 79.5 Å². The van der Waals surface area contributed by atoms with Crippen molar-refractivity contribution >= 4 is 22.8 Å². The second kappa shape index (κ2) is 7.31. The molecule has 1 aliphatic carbocycles. The number of nitrogens with zero attached hydrogens (tertiary/aromatic N) is 1. The molecule has 1 fully saturated rings. The molecule has 0 radical (unpaired) electrons. The molecule has 3 aromatic rings. The molecule has 2 aromatic carbocycles. The maximum atomic E-state index is 12.0. The molecule has 1 unspecified atom stereocenters. The average molecular weight is 403 g/mol. The van der Waals surface area contributed by atoms with E-state index < -0.39 is 17.9 Å². The monoisotopic (exact) mass is 403 g/mol. The molecular weight excluding hydrogens is 378 g/mol. The van der Waals surface area contributed by atoms with Crippen LogP contribution in [0.1, 0.15) is 59.5 Å². The van der Waals surface area contributed by atoms with Gasteiger partial charge in [0.05, 0.1) is 17.2 Å². The van der Waals surface area contributed by atoms with Crippen LogP contribution in [0.25, 0.3) is 22.2 Å². The molecule has 154 valence electrons. The summed E-state index contributed by atoms with van der Waals surface area (Å²) < 4.78 is 2.09. The van der Waals surface area contributed by atoms with Gasteiger partial charge in [0.25, 0.3) is 0 Å². The Balaban J connectivity index is 1.85. The van der Waals surface area contributed by atoms with Crippen LogP contribution in [0.2, 0.25) is 0 Å². The summed E-state index contributed by atoms with van der Waals surface area (Å²) in [5, 5.41) is 20.5. The van der Waals surface area contributed by atoms with Crippen LogP contribution in [0.5, 0.6) is 0 Å². The van der Waals surface area contributed by atoms with Crippen molar-refractivity contribution in [3.63, 3.8) is 0 Å². The molecule has 1 atom stereocenters. The van der Waals surface area contributed by atoms with Gasteiger partial charge >= 0.3 is 11.9 Å². The van der Waals surface area contributed by atoms with Crippen molar-refractivity contribution in [1.82, 2.24) is 4.57 Å². The van der Waals surface area contributed by atoms with Gasteiger partial charge in [0.15, 0.2) is 0 Å². The number of fused-ring (bicyclic) bond motifs is 5. The average Bonchev–Trinajstić information content (AvgIpc) is 2.96. The number of hydrogen-bond donors (Lipinski definition) is 2. The van der Waals surface area contributed by atoms with E-state index in [-0.39, 0.29) is 5.56 Å². The second-order valence-electron chi connectivity index (χ2n) is 8.64. The highest BCUT2D eigenvalue weighted by atomic mass is 16.4. The molecule has 2 aliphatic rings. The molecule has 1 aromatic heterocycles. The highest BCUT2D eigenvalue weighted by molar-refractivity contribution is 5.98. The maximum absolute atomic E-state index is 12.0.